The second-order valence-electron chi connectivity index (χ2n) is 2.78. The lowest BCUT2D eigenvalue weighted by atomic mass is 10.2. The first kappa shape index (κ1) is 8.59. The number of hydrogen-bond donors (Lipinski definition) is 2. The topological polar surface area (TPSA) is 49.3 Å². The van der Waals surface area contributed by atoms with E-state index in [1.165, 1.54) is 11.8 Å². The summed E-state index contributed by atoms with van der Waals surface area (Å²) in [6.07, 6.45) is 0. The average Bonchev–Trinajstić information content (AvgIpc) is 2.17. The van der Waals surface area contributed by atoms with Crippen molar-refractivity contribution in [2.45, 2.75) is 11.5 Å². The van der Waals surface area contributed by atoms with Crippen LogP contribution in [0.3, 0.4) is 0 Å². The molecule has 1 heterocycles. The monoisotopic (exact) mass is 195 g/mol. The van der Waals surface area contributed by atoms with Gasteiger partial charge in [-0.15, -0.1) is 0 Å². The molecule has 0 amide bonds. The van der Waals surface area contributed by atoms with Gasteiger partial charge in [0, 0.05) is 10.6 Å². The number of carbonyl (C=O) groups excluding carboxylic acids is 1. The molecule has 3 nitrogen and oxygen atoms in total. The van der Waals surface area contributed by atoms with Crippen LogP contribution in [0.4, 0.5) is 5.69 Å². The summed E-state index contributed by atoms with van der Waals surface area (Å²) in [6, 6.07) is 5.60. The summed E-state index contributed by atoms with van der Waals surface area (Å²) in [5.41, 5.74) is 1.75. The number of benzene rings is 1. The van der Waals surface area contributed by atoms with Crippen LogP contribution in [0.15, 0.2) is 23.1 Å². The van der Waals surface area contributed by atoms with Crippen LogP contribution in [0, 0.1) is 0 Å². The number of anilines is 1. The van der Waals surface area contributed by atoms with Gasteiger partial charge in [-0.1, -0.05) is 12.1 Å². The fourth-order valence-electron chi connectivity index (χ4n) is 1.29. The zero-order valence-electron chi connectivity index (χ0n) is 6.91. The van der Waals surface area contributed by atoms with Gasteiger partial charge in [-0.3, -0.25) is 4.79 Å². The third-order valence-corrected chi connectivity index (χ3v) is 2.96. The lowest BCUT2D eigenvalue weighted by Crippen LogP contribution is -2.16. The summed E-state index contributed by atoms with van der Waals surface area (Å²) in [5.74, 6) is 0. The largest absolute Gasteiger partial charge is 0.392 e. The molecule has 2 N–H and O–H groups in total. The van der Waals surface area contributed by atoms with E-state index < -0.39 is 0 Å². The molecule has 0 unspecified atom stereocenters. The number of rotatable bonds is 1. The van der Waals surface area contributed by atoms with Gasteiger partial charge in [0.15, 0.2) is 0 Å². The van der Waals surface area contributed by atoms with Crippen molar-refractivity contribution in [2.24, 2.45) is 0 Å². The van der Waals surface area contributed by atoms with Gasteiger partial charge in [-0.05, 0) is 23.4 Å². The highest BCUT2D eigenvalue weighted by Crippen LogP contribution is 2.34. The molecule has 68 valence electrons. The number of nitrogens with one attached hydrogen (secondary N) is 1. The Balaban J connectivity index is 2.46. The van der Waals surface area contributed by atoms with E-state index in [4.69, 9.17) is 5.11 Å². The summed E-state index contributed by atoms with van der Waals surface area (Å²) in [6.45, 7) is 0.345. The van der Waals surface area contributed by atoms with Crippen LogP contribution < -0.4 is 5.32 Å². The van der Waals surface area contributed by atoms with Crippen LogP contribution in [0.5, 0.6) is 0 Å². The van der Waals surface area contributed by atoms with E-state index in [2.05, 4.69) is 5.32 Å². The first-order valence-corrected chi connectivity index (χ1v) is 4.80. The van der Waals surface area contributed by atoms with E-state index in [9.17, 15) is 4.79 Å². The number of thioether (sulfide) groups is 1. The second-order valence-corrected chi connectivity index (χ2v) is 3.85. The Hall–Kier alpha value is -1.00. The highest BCUT2D eigenvalue weighted by molar-refractivity contribution is 8.14. The summed E-state index contributed by atoms with van der Waals surface area (Å²) < 4.78 is 0. The van der Waals surface area contributed by atoms with E-state index in [-0.39, 0.29) is 11.7 Å². The van der Waals surface area contributed by atoms with Gasteiger partial charge in [-0.25, -0.2) is 0 Å². The third-order valence-electron chi connectivity index (χ3n) is 1.91. The Kier molecular flexibility index (Phi) is 2.24. The Morgan fingerprint density at radius 1 is 1.54 bits per heavy atom. The van der Waals surface area contributed by atoms with E-state index in [1.54, 1.807) is 0 Å². The molecule has 1 aliphatic rings. The Morgan fingerprint density at radius 2 is 2.38 bits per heavy atom. The molecule has 0 radical (unpaired) electrons. The average molecular weight is 195 g/mol. The number of carbonyl (C=O) groups is 1. The summed E-state index contributed by atoms with van der Waals surface area (Å²) >= 11 is 1.20. The highest BCUT2D eigenvalue weighted by Gasteiger charge is 2.17. The summed E-state index contributed by atoms with van der Waals surface area (Å²) in [5, 5.41) is 12.1. The van der Waals surface area contributed by atoms with E-state index in [0.717, 1.165) is 16.1 Å². The number of aliphatic hydroxyl groups is 1. The smallest absolute Gasteiger partial charge is 0.212 e. The lowest BCUT2D eigenvalue weighted by Gasteiger charge is -2.18. The van der Waals surface area contributed by atoms with Crippen LogP contribution in [-0.4, -0.2) is 16.8 Å². The molecule has 0 fully saturated rings. The molecular weight excluding hydrogens is 186 g/mol. The molecule has 0 aliphatic carbocycles. The SMILES string of the molecule is O=C1CNc2cccc(CO)c2S1. The van der Waals surface area contributed by atoms with Gasteiger partial charge in [0.25, 0.3) is 0 Å². The summed E-state index contributed by atoms with van der Waals surface area (Å²) in [4.78, 5) is 12.0. The maximum absolute atomic E-state index is 11.1. The zero-order valence-corrected chi connectivity index (χ0v) is 7.73. The maximum atomic E-state index is 11.1. The van der Waals surface area contributed by atoms with Gasteiger partial charge in [0.05, 0.1) is 13.2 Å². The molecule has 0 spiro atoms. The Bertz CT molecular complexity index is 337. The quantitative estimate of drug-likeness (QED) is 0.707. The van der Waals surface area contributed by atoms with Crippen LogP contribution in [-0.2, 0) is 11.4 Å². The molecule has 0 atom stereocenters. The van der Waals surface area contributed by atoms with Gasteiger partial charge in [0.1, 0.15) is 0 Å². The molecular formula is C9H9NO2S. The fraction of sp³-hybridized carbons (Fsp3) is 0.222. The van der Waals surface area contributed by atoms with Gasteiger partial charge in [-0.2, -0.15) is 0 Å². The van der Waals surface area contributed by atoms with Gasteiger partial charge < -0.3 is 10.4 Å². The lowest BCUT2D eigenvalue weighted by molar-refractivity contribution is -0.109. The van der Waals surface area contributed by atoms with E-state index >= 15 is 0 Å². The van der Waals surface area contributed by atoms with E-state index in [1.807, 2.05) is 18.2 Å². The van der Waals surface area contributed by atoms with Crippen LogP contribution in [0.25, 0.3) is 0 Å². The third kappa shape index (κ3) is 1.55. The molecule has 13 heavy (non-hydrogen) atoms. The van der Waals surface area contributed by atoms with Crippen molar-refractivity contribution in [3.8, 4) is 0 Å². The van der Waals surface area contributed by atoms with E-state index in [0.29, 0.717) is 6.54 Å². The van der Waals surface area contributed by atoms with Crippen molar-refractivity contribution in [3.63, 3.8) is 0 Å². The first-order valence-electron chi connectivity index (χ1n) is 3.98. The maximum Gasteiger partial charge on any atom is 0.212 e. The van der Waals surface area contributed by atoms with Crippen LogP contribution in [0.2, 0.25) is 0 Å². The van der Waals surface area contributed by atoms with Crippen molar-refractivity contribution in [1.29, 1.82) is 0 Å². The molecule has 1 aliphatic heterocycles. The molecule has 4 heteroatoms. The number of aliphatic hydroxyl groups excluding tert-OH is 1. The zero-order chi connectivity index (χ0) is 9.26. The van der Waals surface area contributed by atoms with Crippen molar-refractivity contribution >= 4 is 22.6 Å². The molecule has 0 saturated heterocycles. The minimum atomic E-state index is -0.0227. The standard InChI is InChI=1S/C9H9NO2S/c11-5-6-2-1-3-7-9(6)13-8(12)4-10-7/h1-3,10-11H,4-5H2. The van der Waals surface area contributed by atoms with Crippen LogP contribution in [0.1, 0.15) is 5.56 Å². The highest BCUT2D eigenvalue weighted by atomic mass is 32.2. The van der Waals surface area contributed by atoms with Crippen molar-refractivity contribution in [3.05, 3.63) is 23.8 Å². The predicted octanol–water partition coefficient (Wildman–Crippen LogP) is 1.22. The second kappa shape index (κ2) is 3.40. The Labute approximate surface area is 80.1 Å². The molecule has 0 aromatic heterocycles. The van der Waals surface area contributed by atoms with Gasteiger partial charge >= 0.3 is 0 Å². The molecule has 2 rings (SSSR count). The Morgan fingerprint density at radius 3 is 3.15 bits per heavy atom. The van der Waals surface area contributed by atoms with Crippen molar-refractivity contribution in [2.75, 3.05) is 11.9 Å². The number of hydrogen-bond acceptors (Lipinski definition) is 4. The minimum absolute atomic E-state index is 0.0227. The van der Waals surface area contributed by atoms with Crippen molar-refractivity contribution in [1.82, 2.24) is 0 Å². The van der Waals surface area contributed by atoms with Gasteiger partial charge in [0.2, 0.25) is 5.12 Å². The molecule has 0 bridgehead atoms. The van der Waals surface area contributed by atoms with Crippen molar-refractivity contribution < 1.29 is 9.90 Å². The normalized spacial score (nSPS) is 15.0. The fourth-order valence-corrected chi connectivity index (χ4v) is 2.17. The first-order chi connectivity index (χ1) is 6.31. The molecule has 0 saturated carbocycles. The molecule has 1 aromatic rings. The molecule has 1 aromatic carbocycles. The van der Waals surface area contributed by atoms with Crippen LogP contribution >= 0.6 is 11.8 Å². The summed E-state index contributed by atoms with van der Waals surface area (Å²) in [7, 11) is 0. The minimum Gasteiger partial charge on any atom is -0.392 e. The predicted molar refractivity (Wildman–Crippen MR) is 51.7 cm³/mol. The number of fused-ring (bicyclic) bond motifs is 1.